The molecule has 0 radical (unpaired) electrons. The maximum atomic E-state index is 13.1. The van der Waals surface area contributed by atoms with Crippen LogP contribution in [-0.4, -0.2) is 73.1 Å². The van der Waals surface area contributed by atoms with Crippen LogP contribution in [0.5, 0.6) is 5.88 Å². The predicted octanol–water partition coefficient (Wildman–Crippen LogP) is 2.53. The number of carbonyl (C=O) groups excluding carboxylic acids is 1. The van der Waals surface area contributed by atoms with Crippen LogP contribution in [0.25, 0.3) is 10.9 Å². The van der Waals surface area contributed by atoms with Gasteiger partial charge in [0.15, 0.2) is 0 Å². The quantitative estimate of drug-likeness (QED) is 0.881. The SMILES string of the molecule is COc1cc(C(=O)NC2CCCN(C3CCN(C)CC3)C2)c2ccccc2n1. The van der Waals surface area contributed by atoms with Crippen LogP contribution in [0, 0.1) is 0 Å². The lowest BCUT2D eigenvalue weighted by Crippen LogP contribution is -2.53. The van der Waals surface area contributed by atoms with Gasteiger partial charge < -0.3 is 15.0 Å². The van der Waals surface area contributed by atoms with Crippen molar-refractivity contribution in [2.45, 2.75) is 37.8 Å². The zero-order valence-electron chi connectivity index (χ0n) is 16.9. The number of fused-ring (bicyclic) bond motifs is 1. The molecule has 0 saturated carbocycles. The number of hydrogen-bond acceptors (Lipinski definition) is 5. The van der Waals surface area contributed by atoms with Crippen molar-refractivity contribution in [3.8, 4) is 5.88 Å². The Hall–Kier alpha value is -2.18. The van der Waals surface area contributed by atoms with E-state index in [1.807, 2.05) is 24.3 Å². The number of nitrogens with one attached hydrogen (secondary N) is 1. The fraction of sp³-hybridized carbons (Fsp3) is 0.545. The second-order valence-corrected chi connectivity index (χ2v) is 8.07. The fourth-order valence-electron chi connectivity index (χ4n) is 4.52. The molecule has 2 fully saturated rings. The zero-order chi connectivity index (χ0) is 19.5. The van der Waals surface area contributed by atoms with Gasteiger partial charge in [-0.2, -0.15) is 0 Å². The smallest absolute Gasteiger partial charge is 0.252 e. The van der Waals surface area contributed by atoms with E-state index >= 15 is 0 Å². The summed E-state index contributed by atoms with van der Waals surface area (Å²) in [6, 6.07) is 10.3. The minimum Gasteiger partial charge on any atom is -0.481 e. The van der Waals surface area contributed by atoms with Crippen LogP contribution in [0.2, 0.25) is 0 Å². The average Bonchev–Trinajstić information content (AvgIpc) is 2.73. The topological polar surface area (TPSA) is 57.7 Å². The first-order valence-electron chi connectivity index (χ1n) is 10.3. The summed E-state index contributed by atoms with van der Waals surface area (Å²) >= 11 is 0. The molecule has 3 heterocycles. The number of carbonyl (C=O) groups is 1. The lowest BCUT2D eigenvalue weighted by Gasteiger charge is -2.41. The summed E-state index contributed by atoms with van der Waals surface area (Å²) in [4.78, 5) is 22.5. The van der Waals surface area contributed by atoms with Gasteiger partial charge in [-0.15, -0.1) is 0 Å². The van der Waals surface area contributed by atoms with Crippen molar-refractivity contribution in [2.24, 2.45) is 0 Å². The molecule has 1 amide bonds. The Labute approximate surface area is 166 Å². The second-order valence-electron chi connectivity index (χ2n) is 8.07. The van der Waals surface area contributed by atoms with E-state index in [0.29, 0.717) is 17.5 Å². The minimum atomic E-state index is -0.0351. The monoisotopic (exact) mass is 382 g/mol. The lowest BCUT2D eigenvalue weighted by molar-refractivity contribution is 0.0766. The molecule has 2 aromatic rings. The average molecular weight is 383 g/mol. The van der Waals surface area contributed by atoms with Crippen molar-refractivity contribution in [1.29, 1.82) is 0 Å². The number of rotatable bonds is 4. The Morgan fingerprint density at radius 3 is 2.75 bits per heavy atom. The summed E-state index contributed by atoms with van der Waals surface area (Å²) in [5, 5.41) is 4.15. The van der Waals surface area contributed by atoms with Crippen molar-refractivity contribution in [1.82, 2.24) is 20.1 Å². The number of piperidine rings is 2. The van der Waals surface area contributed by atoms with E-state index in [1.165, 1.54) is 25.9 Å². The summed E-state index contributed by atoms with van der Waals surface area (Å²) in [7, 11) is 3.78. The van der Waals surface area contributed by atoms with E-state index in [-0.39, 0.29) is 11.9 Å². The number of aromatic nitrogens is 1. The first-order chi connectivity index (χ1) is 13.6. The molecule has 6 heteroatoms. The number of nitrogens with zero attached hydrogens (tertiary/aromatic N) is 3. The van der Waals surface area contributed by atoms with Gasteiger partial charge >= 0.3 is 0 Å². The number of pyridine rings is 1. The summed E-state index contributed by atoms with van der Waals surface area (Å²) < 4.78 is 5.30. The van der Waals surface area contributed by atoms with Gasteiger partial charge in [-0.1, -0.05) is 18.2 Å². The highest BCUT2D eigenvalue weighted by Crippen LogP contribution is 2.24. The van der Waals surface area contributed by atoms with Gasteiger partial charge in [-0.3, -0.25) is 9.69 Å². The Bertz CT molecular complexity index is 832. The Balaban J connectivity index is 1.47. The molecule has 150 valence electrons. The second kappa shape index (κ2) is 8.45. The Morgan fingerprint density at radius 1 is 1.18 bits per heavy atom. The van der Waals surface area contributed by atoms with Crippen molar-refractivity contribution >= 4 is 16.8 Å². The predicted molar refractivity (Wildman–Crippen MR) is 111 cm³/mol. The van der Waals surface area contributed by atoms with Crippen molar-refractivity contribution in [3.63, 3.8) is 0 Å². The molecule has 1 aromatic heterocycles. The number of likely N-dealkylation sites (tertiary alicyclic amines) is 2. The first kappa shape index (κ1) is 19.2. The third-order valence-electron chi connectivity index (χ3n) is 6.14. The van der Waals surface area contributed by atoms with Crippen LogP contribution < -0.4 is 10.1 Å². The minimum absolute atomic E-state index is 0.0351. The molecule has 28 heavy (non-hydrogen) atoms. The largest absolute Gasteiger partial charge is 0.481 e. The maximum Gasteiger partial charge on any atom is 0.252 e. The van der Waals surface area contributed by atoms with Crippen LogP contribution in [0.3, 0.4) is 0 Å². The van der Waals surface area contributed by atoms with Gasteiger partial charge in [0.05, 0.1) is 18.2 Å². The maximum absolute atomic E-state index is 13.1. The molecule has 2 saturated heterocycles. The fourth-order valence-corrected chi connectivity index (χ4v) is 4.52. The molecule has 1 atom stereocenters. The molecule has 6 nitrogen and oxygen atoms in total. The summed E-state index contributed by atoms with van der Waals surface area (Å²) in [5.41, 5.74) is 1.42. The molecule has 0 aliphatic carbocycles. The van der Waals surface area contributed by atoms with Crippen molar-refractivity contribution < 1.29 is 9.53 Å². The molecular formula is C22H30N4O2. The van der Waals surface area contributed by atoms with E-state index in [1.54, 1.807) is 13.2 Å². The normalized spacial score (nSPS) is 22.3. The van der Waals surface area contributed by atoms with Crippen molar-refractivity contribution in [2.75, 3.05) is 40.3 Å². The van der Waals surface area contributed by atoms with Crippen LogP contribution in [0.15, 0.2) is 30.3 Å². The highest BCUT2D eigenvalue weighted by Gasteiger charge is 2.29. The standard InChI is InChI=1S/C22H30N4O2/c1-25-12-9-17(10-13-25)26-11-5-6-16(15-26)23-22(27)19-14-21(28-2)24-20-8-4-3-7-18(19)20/h3-4,7-8,14,16-17H,5-6,9-13,15H2,1-2H3,(H,23,27). The number of benzene rings is 1. The molecule has 2 aliphatic rings. The molecule has 1 N–H and O–H groups in total. The number of amides is 1. The van der Waals surface area contributed by atoms with Crippen LogP contribution >= 0.6 is 0 Å². The summed E-state index contributed by atoms with van der Waals surface area (Å²) in [6.07, 6.45) is 4.62. The Morgan fingerprint density at radius 2 is 1.96 bits per heavy atom. The number of para-hydroxylation sites is 1. The van der Waals surface area contributed by atoms with Gasteiger partial charge in [0.1, 0.15) is 0 Å². The van der Waals surface area contributed by atoms with Gasteiger partial charge in [-0.05, 0) is 58.4 Å². The molecular weight excluding hydrogens is 352 g/mol. The van der Waals surface area contributed by atoms with E-state index in [2.05, 4.69) is 27.1 Å². The van der Waals surface area contributed by atoms with E-state index < -0.39 is 0 Å². The molecule has 0 spiro atoms. The van der Waals surface area contributed by atoms with Gasteiger partial charge in [0, 0.05) is 30.1 Å². The highest BCUT2D eigenvalue weighted by molar-refractivity contribution is 6.06. The van der Waals surface area contributed by atoms with Gasteiger partial charge in [0.25, 0.3) is 5.91 Å². The molecule has 4 rings (SSSR count). The lowest BCUT2D eigenvalue weighted by atomic mass is 9.98. The van der Waals surface area contributed by atoms with E-state index in [9.17, 15) is 4.79 Å². The van der Waals surface area contributed by atoms with Crippen molar-refractivity contribution in [3.05, 3.63) is 35.9 Å². The summed E-state index contributed by atoms with van der Waals surface area (Å²) in [6.45, 7) is 4.43. The van der Waals surface area contributed by atoms with E-state index in [0.717, 1.165) is 36.8 Å². The molecule has 0 bridgehead atoms. The van der Waals surface area contributed by atoms with Gasteiger partial charge in [0.2, 0.25) is 5.88 Å². The van der Waals surface area contributed by atoms with Crippen LogP contribution in [0.1, 0.15) is 36.0 Å². The van der Waals surface area contributed by atoms with Crippen LogP contribution in [0.4, 0.5) is 0 Å². The Kier molecular flexibility index (Phi) is 5.78. The van der Waals surface area contributed by atoms with Gasteiger partial charge in [-0.25, -0.2) is 4.98 Å². The number of hydrogen-bond donors (Lipinski definition) is 1. The highest BCUT2D eigenvalue weighted by atomic mass is 16.5. The first-order valence-corrected chi connectivity index (χ1v) is 10.3. The number of ether oxygens (including phenoxy) is 1. The third-order valence-corrected chi connectivity index (χ3v) is 6.14. The molecule has 1 unspecified atom stereocenters. The van der Waals surface area contributed by atoms with E-state index in [4.69, 9.17) is 4.74 Å². The third kappa shape index (κ3) is 4.13. The summed E-state index contributed by atoms with van der Waals surface area (Å²) in [5.74, 6) is 0.438. The van der Waals surface area contributed by atoms with Crippen LogP contribution in [-0.2, 0) is 0 Å². The molecule has 2 aliphatic heterocycles. The number of methoxy groups -OCH3 is 1. The molecule has 1 aromatic carbocycles. The zero-order valence-corrected chi connectivity index (χ0v) is 16.9.